The molecule has 442 valence electrons. The summed E-state index contributed by atoms with van der Waals surface area (Å²) in [6.45, 7) is 17.9. The van der Waals surface area contributed by atoms with Gasteiger partial charge in [-0.05, 0) is 173 Å². The standard InChI is InChI=1S/C44H72N2.2C12H16O4.Ni/c1-7-13-19-24-30-44(46-42-34-32-38(26-21-15-9-3)40(36-42)28-23-17-11-5)43(29-18-12-6)45-41-33-31-37(25-20-14-8-2)39(35-41)27-22-16-10-4;2*1-2-3-4-5-8-6-7-9(13)11(14)10(8)12(15)16;/h31-36H,7-30H2,1-6H3;2*6-7,13-14H,2-5H2,1H3,(H,15,16);/q;;;+2/p-2. The first kappa shape index (κ1) is 71.9. The number of rotatable bonds is 37. The van der Waals surface area contributed by atoms with Crippen molar-refractivity contribution >= 4 is 34.7 Å². The summed E-state index contributed by atoms with van der Waals surface area (Å²) in [7, 11) is 0. The van der Waals surface area contributed by atoms with E-state index in [1.54, 1.807) is 11.1 Å². The van der Waals surface area contributed by atoms with Crippen LogP contribution in [0, 0.1) is 0 Å². The number of phenolic OH excluding ortho intramolecular Hbond substituents is 2. The molecule has 0 aromatic heterocycles. The Morgan fingerprint density at radius 3 is 0.949 bits per heavy atom. The van der Waals surface area contributed by atoms with Gasteiger partial charge in [0.15, 0.2) is 23.0 Å². The number of hydrogen-bond acceptors (Lipinski definition) is 10. The topological polar surface area (TPSA) is 186 Å². The minimum absolute atomic E-state index is 0. The first-order chi connectivity index (χ1) is 37.7. The molecule has 0 saturated carbocycles. The van der Waals surface area contributed by atoms with E-state index in [4.69, 9.17) is 9.98 Å². The zero-order chi connectivity index (χ0) is 57.5. The Balaban J connectivity index is 0.000000763. The summed E-state index contributed by atoms with van der Waals surface area (Å²) in [6.07, 6.45) is 36.4. The number of carboxylic acids is 2. The molecule has 0 radical (unpaired) electrons. The van der Waals surface area contributed by atoms with E-state index in [9.17, 15) is 40.2 Å². The molecular formula is C68H102N2NiO8. The Labute approximate surface area is 488 Å². The number of aliphatic imine (C=N–C) groups is 2. The van der Waals surface area contributed by atoms with Crippen LogP contribution in [0.25, 0.3) is 0 Å². The van der Waals surface area contributed by atoms with Crippen molar-refractivity contribution < 1.29 is 56.7 Å². The SMILES string of the molecule is CCCCCCC(=Nc1ccc(CCCCC)c(CCCCC)c1)C(CCCC)=Nc1ccc(CCCCC)c(CCCCC)c1.CCCCCc1ccc(O)c(O)c1C(=O)[O-].CCCCCc1ccc(O)c(O)c1C(=O)[O-].[Ni+2]. The first-order valence-corrected chi connectivity index (χ1v) is 30.6. The molecule has 0 aliphatic carbocycles. The number of aromatic hydroxyl groups is 4. The van der Waals surface area contributed by atoms with Crippen LogP contribution < -0.4 is 10.2 Å². The van der Waals surface area contributed by atoms with E-state index in [1.807, 2.05) is 13.8 Å². The number of carbonyl (C=O) groups is 2. The number of aromatic carboxylic acids is 2. The quantitative estimate of drug-likeness (QED) is 0.0149. The van der Waals surface area contributed by atoms with E-state index in [1.165, 1.54) is 182 Å². The Bertz CT molecular complexity index is 2320. The molecule has 0 aliphatic heterocycles. The van der Waals surface area contributed by atoms with Gasteiger partial charge in [-0.3, -0.25) is 9.98 Å². The van der Waals surface area contributed by atoms with Crippen molar-refractivity contribution in [2.75, 3.05) is 0 Å². The number of unbranched alkanes of at least 4 members (excludes halogenated alkanes) is 16. The van der Waals surface area contributed by atoms with Crippen molar-refractivity contribution in [1.82, 2.24) is 0 Å². The summed E-state index contributed by atoms with van der Waals surface area (Å²) in [6, 6.07) is 19.8. The van der Waals surface area contributed by atoms with Gasteiger partial charge in [-0.25, -0.2) is 0 Å². The van der Waals surface area contributed by atoms with Gasteiger partial charge < -0.3 is 40.2 Å². The molecule has 0 saturated heterocycles. The predicted molar refractivity (Wildman–Crippen MR) is 323 cm³/mol. The molecule has 10 nitrogen and oxygen atoms in total. The predicted octanol–water partition coefficient (Wildman–Crippen LogP) is 17.0. The third kappa shape index (κ3) is 27.7. The molecule has 4 N–H and O–H groups in total. The summed E-state index contributed by atoms with van der Waals surface area (Å²) in [5.41, 5.74) is 11.3. The summed E-state index contributed by atoms with van der Waals surface area (Å²) in [5, 5.41) is 59.0. The fourth-order valence-corrected chi connectivity index (χ4v) is 9.73. The molecule has 79 heavy (non-hydrogen) atoms. The normalized spacial score (nSPS) is 11.3. The van der Waals surface area contributed by atoms with Crippen LogP contribution in [0.3, 0.4) is 0 Å². The van der Waals surface area contributed by atoms with Crippen molar-refractivity contribution in [2.24, 2.45) is 9.98 Å². The largest absolute Gasteiger partial charge is 2.00 e. The van der Waals surface area contributed by atoms with E-state index in [0.29, 0.717) is 24.0 Å². The summed E-state index contributed by atoms with van der Waals surface area (Å²) in [4.78, 5) is 32.6. The second-order valence-corrected chi connectivity index (χ2v) is 21.2. The van der Waals surface area contributed by atoms with Crippen LogP contribution in [0.4, 0.5) is 11.4 Å². The molecule has 0 spiro atoms. The maximum absolute atomic E-state index is 10.8. The van der Waals surface area contributed by atoms with Crippen molar-refractivity contribution in [1.29, 1.82) is 0 Å². The smallest absolute Gasteiger partial charge is 0.545 e. The fraction of sp³-hybridized carbons (Fsp3) is 0.588. The molecule has 0 amide bonds. The number of nitrogens with zero attached hydrogens (tertiary/aromatic N) is 2. The van der Waals surface area contributed by atoms with Crippen molar-refractivity contribution in [3.8, 4) is 23.0 Å². The number of carboxylic acid groups (broad SMARTS) is 2. The molecule has 4 aromatic carbocycles. The van der Waals surface area contributed by atoms with Crippen LogP contribution in [-0.2, 0) is 55.0 Å². The second-order valence-electron chi connectivity index (χ2n) is 21.2. The van der Waals surface area contributed by atoms with Crippen molar-refractivity contribution in [3.63, 3.8) is 0 Å². The number of carbonyl (C=O) groups excluding carboxylic acids is 2. The first-order valence-electron chi connectivity index (χ1n) is 30.6. The van der Waals surface area contributed by atoms with Crippen LogP contribution >= 0.6 is 0 Å². The summed E-state index contributed by atoms with van der Waals surface area (Å²) < 4.78 is 0. The molecule has 0 fully saturated rings. The zero-order valence-electron chi connectivity index (χ0n) is 50.0. The molecule has 11 heteroatoms. The number of aryl methyl sites for hydroxylation is 6. The summed E-state index contributed by atoms with van der Waals surface area (Å²) >= 11 is 0. The molecule has 4 aromatic rings. The van der Waals surface area contributed by atoms with Gasteiger partial charge in [0.1, 0.15) is 0 Å². The van der Waals surface area contributed by atoms with Crippen molar-refractivity contribution in [2.45, 2.75) is 261 Å². The minimum Gasteiger partial charge on any atom is -0.545 e. The molecule has 0 aliphatic rings. The Hall–Kier alpha value is -5.15. The maximum atomic E-state index is 10.8. The zero-order valence-corrected chi connectivity index (χ0v) is 51.0. The van der Waals surface area contributed by atoms with Gasteiger partial charge in [0.05, 0.1) is 34.7 Å². The van der Waals surface area contributed by atoms with Gasteiger partial charge in [-0.15, -0.1) is 0 Å². The molecule has 4 rings (SSSR count). The van der Waals surface area contributed by atoms with E-state index >= 15 is 0 Å². The Morgan fingerprint density at radius 1 is 0.354 bits per heavy atom. The number of benzene rings is 4. The van der Waals surface area contributed by atoms with Gasteiger partial charge in [-0.1, -0.05) is 182 Å². The Morgan fingerprint density at radius 2 is 0.633 bits per heavy atom. The van der Waals surface area contributed by atoms with Gasteiger partial charge >= 0.3 is 16.5 Å². The van der Waals surface area contributed by atoms with Crippen molar-refractivity contribution in [3.05, 3.63) is 105 Å². The molecule has 0 atom stereocenters. The number of hydrogen-bond donors (Lipinski definition) is 4. The van der Waals surface area contributed by atoms with E-state index in [2.05, 4.69) is 77.9 Å². The summed E-state index contributed by atoms with van der Waals surface area (Å²) in [5.74, 6) is -4.99. The second kappa shape index (κ2) is 43.6. The van der Waals surface area contributed by atoms with Gasteiger partial charge in [0.25, 0.3) is 0 Å². The van der Waals surface area contributed by atoms with Gasteiger partial charge in [-0.2, -0.15) is 0 Å². The van der Waals surface area contributed by atoms with Crippen LogP contribution in [-0.4, -0.2) is 43.8 Å². The fourth-order valence-electron chi connectivity index (χ4n) is 9.73. The average molecular weight is 1130 g/mol. The van der Waals surface area contributed by atoms with Crippen LogP contribution in [0.2, 0.25) is 0 Å². The van der Waals surface area contributed by atoms with Crippen LogP contribution in [0.1, 0.15) is 276 Å². The van der Waals surface area contributed by atoms with Crippen LogP contribution in [0.5, 0.6) is 23.0 Å². The molecular weight excluding hydrogens is 1030 g/mol. The minimum atomic E-state index is -1.46. The van der Waals surface area contributed by atoms with Gasteiger partial charge in [0, 0.05) is 11.1 Å². The maximum Gasteiger partial charge on any atom is 2.00 e. The average Bonchev–Trinajstić information content (AvgIpc) is 3.43. The Kier molecular flexibility index (Phi) is 39.7. The molecule has 0 heterocycles. The molecule has 0 unspecified atom stereocenters. The third-order valence-corrected chi connectivity index (χ3v) is 14.5. The van der Waals surface area contributed by atoms with E-state index in [-0.39, 0.29) is 27.6 Å². The monoisotopic (exact) mass is 1130 g/mol. The van der Waals surface area contributed by atoms with E-state index in [0.717, 1.165) is 69.2 Å². The van der Waals surface area contributed by atoms with Crippen LogP contribution in [0.15, 0.2) is 70.6 Å². The third-order valence-electron chi connectivity index (χ3n) is 14.5. The molecule has 0 bridgehead atoms. The van der Waals surface area contributed by atoms with E-state index < -0.39 is 34.9 Å². The van der Waals surface area contributed by atoms with Gasteiger partial charge in [0.2, 0.25) is 0 Å². The number of phenols is 4.